The Labute approximate surface area is 82.5 Å². The fourth-order valence-corrected chi connectivity index (χ4v) is 2.13. The highest BCUT2D eigenvalue weighted by molar-refractivity contribution is 5.34. The monoisotopic (exact) mass is 195 g/mol. The summed E-state index contributed by atoms with van der Waals surface area (Å²) in [4.78, 5) is 0. The number of benzene rings is 1. The minimum absolute atomic E-state index is 0.0539. The highest BCUT2D eigenvalue weighted by Crippen LogP contribution is 2.53. The van der Waals surface area contributed by atoms with Crippen LogP contribution in [0.1, 0.15) is 12.0 Å². The van der Waals surface area contributed by atoms with Crippen LogP contribution in [0.4, 0.5) is 4.39 Å². The van der Waals surface area contributed by atoms with Crippen molar-refractivity contribution in [1.82, 2.24) is 0 Å². The molecule has 2 rings (SSSR count). The molecule has 3 heteroatoms. The molecule has 0 aliphatic heterocycles. The van der Waals surface area contributed by atoms with Gasteiger partial charge in [0.15, 0.2) is 0 Å². The summed E-state index contributed by atoms with van der Waals surface area (Å²) in [5.41, 5.74) is 6.16. The molecule has 1 aliphatic carbocycles. The van der Waals surface area contributed by atoms with Crippen LogP contribution in [0.2, 0.25) is 0 Å². The predicted molar refractivity (Wildman–Crippen MR) is 52.3 cm³/mol. The SMILES string of the molecule is NCC1CC1(CO)c1cccc(F)c1. The summed E-state index contributed by atoms with van der Waals surface area (Å²) in [5, 5.41) is 9.32. The molecule has 0 heterocycles. The van der Waals surface area contributed by atoms with Gasteiger partial charge in [0, 0.05) is 5.41 Å². The van der Waals surface area contributed by atoms with E-state index in [9.17, 15) is 9.50 Å². The van der Waals surface area contributed by atoms with Crippen LogP contribution < -0.4 is 5.73 Å². The van der Waals surface area contributed by atoms with Crippen molar-refractivity contribution < 1.29 is 9.50 Å². The summed E-state index contributed by atoms with van der Waals surface area (Å²) in [6.07, 6.45) is 0.865. The molecule has 1 saturated carbocycles. The maximum atomic E-state index is 13.0. The van der Waals surface area contributed by atoms with Crippen molar-refractivity contribution in [3.63, 3.8) is 0 Å². The smallest absolute Gasteiger partial charge is 0.123 e. The zero-order valence-corrected chi connectivity index (χ0v) is 7.91. The number of aliphatic hydroxyl groups excluding tert-OH is 1. The lowest BCUT2D eigenvalue weighted by Gasteiger charge is -2.14. The van der Waals surface area contributed by atoms with Crippen LogP contribution in [0.25, 0.3) is 0 Å². The van der Waals surface area contributed by atoms with Gasteiger partial charge in [0.1, 0.15) is 5.82 Å². The molecule has 1 aliphatic rings. The summed E-state index contributed by atoms with van der Waals surface area (Å²) >= 11 is 0. The minimum atomic E-state index is -0.267. The molecule has 0 saturated heterocycles. The molecule has 2 nitrogen and oxygen atoms in total. The molecular weight excluding hydrogens is 181 g/mol. The highest BCUT2D eigenvalue weighted by Gasteiger charge is 2.53. The van der Waals surface area contributed by atoms with E-state index in [-0.39, 0.29) is 17.8 Å². The molecule has 14 heavy (non-hydrogen) atoms. The van der Waals surface area contributed by atoms with E-state index < -0.39 is 0 Å². The standard InChI is InChI=1S/C11H14FNO/c12-10-3-1-2-8(4-10)11(7-14)5-9(11)6-13/h1-4,9,14H,5-7,13H2. The first-order valence-corrected chi connectivity index (χ1v) is 4.80. The quantitative estimate of drug-likeness (QED) is 0.756. The van der Waals surface area contributed by atoms with E-state index in [4.69, 9.17) is 5.73 Å². The maximum Gasteiger partial charge on any atom is 0.123 e. The number of nitrogens with two attached hydrogens (primary N) is 1. The number of hydrogen-bond donors (Lipinski definition) is 2. The average Bonchev–Trinajstić information content (AvgIpc) is 2.93. The molecule has 1 aromatic carbocycles. The van der Waals surface area contributed by atoms with Crippen LogP contribution in [-0.2, 0) is 5.41 Å². The topological polar surface area (TPSA) is 46.2 Å². The average molecular weight is 195 g/mol. The van der Waals surface area contributed by atoms with Gasteiger partial charge in [-0.15, -0.1) is 0 Å². The Morgan fingerprint density at radius 3 is 2.86 bits per heavy atom. The first-order chi connectivity index (χ1) is 6.73. The van der Waals surface area contributed by atoms with Crippen molar-refractivity contribution in [3.8, 4) is 0 Å². The summed E-state index contributed by atoms with van der Waals surface area (Å²) < 4.78 is 13.0. The Hall–Kier alpha value is -0.930. The van der Waals surface area contributed by atoms with Gasteiger partial charge in [0.05, 0.1) is 6.61 Å². The minimum Gasteiger partial charge on any atom is -0.395 e. The third kappa shape index (κ3) is 1.33. The van der Waals surface area contributed by atoms with Crippen molar-refractivity contribution in [2.45, 2.75) is 11.8 Å². The van der Waals surface area contributed by atoms with Gasteiger partial charge < -0.3 is 10.8 Å². The first kappa shape index (κ1) is 9.62. The second-order valence-corrected chi connectivity index (χ2v) is 3.96. The molecule has 1 fully saturated rings. The van der Waals surface area contributed by atoms with E-state index in [1.54, 1.807) is 6.07 Å². The second-order valence-electron chi connectivity index (χ2n) is 3.96. The van der Waals surface area contributed by atoms with Gasteiger partial charge in [-0.2, -0.15) is 0 Å². The van der Waals surface area contributed by atoms with Crippen molar-refractivity contribution in [3.05, 3.63) is 35.6 Å². The van der Waals surface area contributed by atoms with E-state index in [1.165, 1.54) is 12.1 Å². The predicted octanol–water partition coefficient (Wildman–Crippen LogP) is 1.03. The van der Waals surface area contributed by atoms with Crippen molar-refractivity contribution in [2.75, 3.05) is 13.2 Å². The van der Waals surface area contributed by atoms with E-state index in [2.05, 4.69) is 0 Å². The molecule has 0 spiro atoms. The number of hydrogen-bond acceptors (Lipinski definition) is 2. The first-order valence-electron chi connectivity index (χ1n) is 4.80. The second kappa shape index (κ2) is 3.33. The van der Waals surface area contributed by atoms with Crippen LogP contribution in [0.15, 0.2) is 24.3 Å². The molecule has 0 aromatic heterocycles. The third-order valence-electron chi connectivity index (χ3n) is 3.20. The van der Waals surface area contributed by atoms with Gasteiger partial charge in [0.25, 0.3) is 0 Å². The summed E-state index contributed by atoms with van der Waals surface area (Å²) in [6, 6.07) is 6.43. The molecule has 2 unspecified atom stereocenters. The van der Waals surface area contributed by atoms with Gasteiger partial charge in [-0.1, -0.05) is 12.1 Å². The summed E-state index contributed by atoms with van der Waals surface area (Å²) in [6.45, 7) is 0.607. The van der Waals surface area contributed by atoms with Crippen LogP contribution in [0.5, 0.6) is 0 Å². The Bertz CT molecular complexity index is 342. The molecule has 1 aromatic rings. The normalized spacial score (nSPS) is 30.4. The van der Waals surface area contributed by atoms with Gasteiger partial charge in [-0.25, -0.2) is 4.39 Å². The highest BCUT2D eigenvalue weighted by atomic mass is 19.1. The Morgan fingerprint density at radius 2 is 2.36 bits per heavy atom. The number of rotatable bonds is 3. The maximum absolute atomic E-state index is 13.0. The molecule has 76 valence electrons. The molecule has 3 N–H and O–H groups in total. The van der Waals surface area contributed by atoms with Gasteiger partial charge >= 0.3 is 0 Å². The van der Waals surface area contributed by atoms with Gasteiger partial charge in [-0.3, -0.25) is 0 Å². The molecule has 0 amide bonds. The molecular formula is C11H14FNO. The van der Waals surface area contributed by atoms with Crippen molar-refractivity contribution >= 4 is 0 Å². The molecule has 0 bridgehead atoms. The van der Waals surface area contributed by atoms with Gasteiger partial charge in [-0.05, 0) is 36.6 Å². The largest absolute Gasteiger partial charge is 0.395 e. The van der Waals surface area contributed by atoms with Crippen molar-refractivity contribution in [2.24, 2.45) is 11.7 Å². The lowest BCUT2D eigenvalue weighted by atomic mass is 9.94. The summed E-state index contributed by atoms with van der Waals surface area (Å²) in [7, 11) is 0. The van der Waals surface area contributed by atoms with E-state index >= 15 is 0 Å². The zero-order valence-electron chi connectivity index (χ0n) is 7.91. The molecule has 0 radical (unpaired) electrons. The van der Waals surface area contributed by atoms with Crippen molar-refractivity contribution in [1.29, 1.82) is 0 Å². The van der Waals surface area contributed by atoms with Gasteiger partial charge in [0.2, 0.25) is 0 Å². The van der Waals surface area contributed by atoms with Crippen LogP contribution >= 0.6 is 0 Å². The summed E-state index contributed by atoms with van der Waals surface area (Å²) in [5.74, 6) is 0.0484. The zero-order chi connectivity index (χ0) is 10.2. The fourth-order valence-electron chi connectivity index (χ4n) is 2.13. The Morgan fingerprint density at radius 1 is 1.57 bits per heavy atom. The van der Waals surface area contributed by atoms with E-state index in [1.807, 2.05) is 6.07 Å². The lowest BCUT2D eigenvalue weighted by Crippen LogP contribution is -2.19. The third-order valence-corrected chi connectivity index (χ3v) is 3.20. The number of halogens is 1. The Kier molecular flexibility index (Phi) is 2.29. The number of aliphatic hydroxyl groups is 1. The van der Waals surface area contributed by atoms with Crippen LogP contribution in [-0.4, -0.2) is 18.3 Å². The van der Waals surface area contributed by atoms with E-state index in [0.717, 1.165) is 12.0 Å². The van der Waals surface area contributed by atoms with Crippen LogP contribution in [0.3, 0.4) is 0 Å². The fraction of sp³-hybridized carbons (Fsp3) is 0.455. The van der Waals surface area contributed by atoms with Crippen LogP contribution in [0, 0.1) is 11.7 Å². The Balaban J connectivity index is 2.30. The molecule has 2 atom stereocenters. The van der Waals surface area contributed by atoms with E-state index in [0.29, 0.717) is 12.5 Å². The lowest BCUT2D eigenvalue weighted by molar-refractivity contribution is 0.245.